The Bertz CT molecular complexity index is 1190. The van der Waals surface area contributed by atoms with Crippen molar-refractivity contribution in [1.29, 1.82) is 0 Å². The van der Waals surface area contributed by atoms with E-state index in [-0.39, 0.29) is 38.7 Å². The zero-order valence-electron chi connectivity index (χ0n) is 18.0. The van der Waals surface area contributed by atoms with Crippen LogP contribution in [0, 0.1) is 6.92 Å². The minimum atomic E-state index is -2.76. The third kappa shape index (κ3) is 4.24. The van der Waals surface area contributed by atoms with Crippen LogP contribution in [0.2, 0.25) is 5.02 Å². The lowest BCUT2D eigenvalue weighted by atomic mass is 10.0. The molecule has 0 fully saturated rings. The maximum atomic E-state index is 13.5. The van der Waals surface area contributed by atoms with E-state index in [0.29, 0.717) is 11.1 Å². The number of rotatable bonds is 8. The van der Waals surface area contributed by atoms with Gasteiger partial charge in [-0.2, -0.15) is 0 Å². The molecule has 0 saturated carbocycles. The molecular weight excluding hydrogens is 451 g/mol. The minimum Gasteiger partial charge on any atom is -0.496 e. The summed E-state index contributed by atoms with van der Waals surface area (Å²) in [6, 6.07) is 14.9. The van der Waals surface area contributed by atoms with E-state index in [0.717, 1.165) is 0 Å². The summed E-state index contributed by atoms with van der Waals surface area (Å²) in [5, 5.41) is 0.153. The number of hydrogen-bond donors (Lipinski definition) is 0. The highest BCUT2D eigenvalue weighted by molar-refractivity contribution is 7.72. The van der Waals surface area contributed by atoms with Crippen LogP contribution in [0.5, 0.6) is 17.2 Å². The van der Waals surface area contributed by atoms with E-state index >= 15 is 0 Å². The molecule has 0 aliphatic carbocycles. The van der Waals surface area contributed by atoms with Gasteiger partial charge < -0.3 is 14.2 Å². The van der Waals surface area contributed by atoms with Gasteiger partial charge in [-0.15, -0.1) is 0 Å². The Morgan fingerprint density at radius 2 is 1.50 bits per heavy atom. The van der Waals surface area contributed by atoms with Gasteiger partial charge in [0.15, 0.2) is 11.5 Å². The van der Waals surface area contributed by atoms with Gasteiger partial charge in [0, 0.05) is 11.6 Å². The second-order valence-corrected chi connectivity index (χ2v) is 8.61. The summed E-state index contributed by atoms with van der Waals surface area (Å²) >= 11 is 6.23. The van der Waals surface area contributed by atoms with Crippen LogP contribution >= 0.6 is 19.4 Å². The Kier molecular flexibility index (Phi) is 7.29. The van der Waals surface area contributed by atoms with Gasteiger partial charge in [0.1, 0.15) is 11.3 Å². The number of carbonyl (C=O) groups is 2. The maximum absolute atomic E-state index is 13.5. The molecule has 164 valence electrons. The van der Waals surface area contributed by atoms with Gasteiger partial charge in [0.25, 0.3) is 5.30 Å². The summed E-state index contributed by atoms with van der Waals surface area (Å²) in [7, 11) is 1.33. The van der Waals surface area contributed by atoms with Crippen molar-refractivity contribution in [2.75, 3.05) is 21.3 Å². The molecule has 3 aromatic carbocycles. The van der Waals surface area contributed by atoms with Crippen molar-refractivity contribution in [3.05, 3.63) is 81.9 Å². The normalized spacial score (nSPS) is 11.0. The van der Waals surface area contributed by atoms with Crippen molar-refractivity contribution >= 4 is 36.0 Å². The maximum Gasteiger partial charge on any atom is 0.466 e. The van der Waals surface area contributed by atoms with E-state index in [1.54, 1.807) is 55.5 Å². The lowest BCUT2D eigenvalue weighted by Gasteiger charge is -2.15. The molecule has 3 rings (SSSR count). The predicted molar refractivity (Wildman–Crippen MR) is 124 cm³/mol. The number of benzene rings is 3. The van der Waals surface area contributed by atoms with Crippen LogP contribution in [0.25, 0.3) is 0 Å². The largest absolute Gasteiger partial charge is 0.496 e. The summed E-state index contributed by atoms with van der Waals surface area (Å²) in [6.45, 7) is 1.70. The molecule has 1 atom stereocenters. The summed E-state index contributed by atoms with van der Waals surface area (Å²) in [4.78, 5) is 26.6. The van der Waals surface area contributed by atoms with Gasteiger partial charge in [-0.1, -0.05) is 58.6 Å². The Labute approximate surface area is 191 Å². The Hall–Kier alpha value is -3.21. The molecule has 0 spiro atoms. The lowest BCUT2D eigenvalue weighted by molar-refractivity contribution is 0.103. The van der Waals surface area contributed by atoms with Gasteiger partial charge in [-0.25, -0.2) is 4.79 Å². The molecule has 6 nitrogen and oxygen atoms in total. The fourth-order valence-corrected chi connectivity index (χ4v) is 5.18. The van der Waals surface area contributed by atoms with Crippen LogP contribution in [0.1, 0.15) is 31.8 Å². The molecule has 0 amide bonds. The van der Waals surface area contributed by atoms with Crippen LogP contribution < -0.4 is 19.5 Å². The number of ether oxygens (including phenoxy) is 3. The Morgan fingerprint density at radius 3 is 2.06 bits per heavy atom. The van der Waals surface area contributed by atoms with E-state index in [1.807, 2.05) is 0 Å². The standard InChI is InChI=1S/C24H21ClO6P/c1-14-9-8-12-16(25)19(14)24(27)32(28)23-18(30-3)13-17(29-2)20(22(23)31-4)21(26)15-10-6-5-7-11-15/h5-13H,1-4H3/q+1. The monoisotopic (exact) mass is 471 g/mol. The number of ketones is 1. The van der Waals surface area contributed by atoms with Crippen LogP contribution in [-0.4, -0.2) is 32.6 Å². The number of halogens is 1. The molecule has 3 aromatic rings. The van der Waals surface area contributed by atoms with Crippen LogP contribution in [0.3, 0.4) is 0 Å². The lowest BCUT2D eigenvalue weighted by Crippen LogP contribution is -2.17. The fraction of sp³-hybridized carbons (Fsp3) is 0.167. The third-order valence-electron chi connectivity index (χ3n) is 4.91. The molecular formula is C24H21ClO6P+. The summed E-state index contributed by atoms with van der Waals surface area (Å²) < 4.78 is 29.9. The first kappa shape index (κ1) is 23.5. The van der Waals surface area contributed by atoms with Gasteiger partial charge in [0.2, 0.25) is 5.78 Å². The predicted octanol–water partition coefficient (Wildman–Crippen LogP) is 5.20. The van der Waals surface area contributed by atoms with Crippen molar-refractivity contribution in [1.82, 2.24) is 0 Å². The first-order chi connectivity index (χ1) is 15.3. The van der Waals surface area contributed by atoms with E-state index in [1.165, 1.54) is 27.4 Å². The highest BCUT2D eigenvalue weighted by Gasteiger charge is 2.44. The highest BCUT2D eigenvalue weighted by atomic mass is 35.5. The molecule has 0 bridgehead atoms. The summed E-state index contributed by atoms with van der Waals surface area (Å²) in [5.41, 5.74) is 0.458. The molecule has 0 N–H and O–H groups in total. The number of aryl methyl sites for hydroxylation is 1. The highest BCUT2D eigenvalue weighted by Crippen LogP contribution is 2.43. The zero-order valence-corrected chi connectivity index (χ0v) is 19.6. The molecule has 0 heterocycles. The van der Waals surface area contributed by atoms with Crippen LogP contribution in [0.4, 0.5) is 0 Å². The zero-order chi connectivity index (χ0) is 23.4. The Morgan fingerprint density at radius 1 is 0.844 bits per heavy atom. The molecule has 0 aliphatic rings. The SMILES string of the molecule is COc1cc(OC)c([P+](=O)C(=O)c2c(C)cccc2Cl)c(OC)c1C(=O)c1ccccc1. The van der Waals surface area contributed by atoms with Gasteiger partial charge in [-0.3, -0.25) is 4.79 Å². The second kappa shape index (κ2) is 9.94. The van der Waals surface area contributed by atoms with Crippen molar-refractivity contribution in [2.45, 2.75) is 6.92 Å². The third-order valence-corrected chi connectivity index (χ3v) is 6.65. The number of methoxy groups -OCH3 is 3. The first-order valence-corrected chi connectivity index (χ1v) is 11.2. The first-order valence-electron chi connectivity index (χ1n) is 9.55. The molecule has 0 aromatic heterocycles. The van der Waals surface area contributed by atoms with Crippen molar-refractivity contribution in [3.8, 4) is 17.2 Å². The van der Waals surface area contributed by atoms with Crippen molar-refractivity contribution in [2.24, 2.45) is 0 Å². The molecule has 0 radical (unpaired) electrons. The van der Waals surface area contributed by atoms with Crippen molar-refractivity contribution in [3.63, 3.8) is 0 Å². The smallest absolute Gasteiger partial charge is 0.466 e. The molecule has 0 saturated heterocycles. The minimum absolute atomic E-state index is 0.0330. The van der Waals surface area contributed by atoms with Crippen LogP contribution in [0.15, 0.2) is 54.6 Å². The molecule has 8 heteroatoms. The average Bonchev–Trinajstić information content (AvgIpc) is 2.81. The van der Waals surface area contributed by atoms with Gasteiger partial charge >= 0.3 is 13.3 Å². The van der Waals surface area contributed by atoms with Crippen molar-refractivity contribution < 1.29 is 28.4 Å². The van der Waals surface area contributed by atoms with Gasteiger partial charge in [-0.05, 0) is 18.6 Å². The molecule has 0 aliphatic heterocycles. The summed E-state index contributed by atoms with van der Waals surface area (Å²) in [6.07, 6.45) is 0. The fourth-order valence-electron chi connectivity index (χ4n) is 3.36. The van der Waals surface area contributed by atoms with Crippen LogP contribution in [-0.2, 0) is 4.57 Å². The van der Waals surface area contributed by atoms with E-state index in [4.69, 9.17) is 25.8 Å². The van der Waals surface area contributed by atoms with E-state index in [9.17, 15) is 14.2 Å². The average molecular weight is 472 g/mol. The Balaban J connectivity index is 2.26. The summed E-state index contributed by atoms with van der Waals surface area (Å²) in [5.74, 6) is -0.189. The van der Waals surface area contributed by atoms with Gasteiger partial charge in [0.05, 0.1) is 31.9 Å². The molecule has 32 heavy (non-hydrogen) atoms. The quantitative estimate of drug-likeness (QED) is 0.332. The van der Waals surface area contributed by atoms with E-state index in [2.05, 4.69) is 0 Å². The number of carbonyl (C=O) groups excluding carboxylic acids is 2. The molecule has 1 unspecified atom stereocenters. The second-order valence-electron chi connectivity index (χ2n) is 6.76. The number of hydrogen-bond acceptors (Lipinski definition) is 6. The topological polar surface area (TPSA) is 78.9 Å². The van der Waals surface area contributed by atoms with E-state index < -0.39 is 19.1 Å².